The lowest BCUT2D eigenvalue weighted by atomic mass is 10.0. The van der Waals surface area contributed by atoms with Gasteiger partial charge in [-0.2, -0.15) is 13.2 Å². The van der Waals surface area contributed by atoms with Gasteiger partial charge in [0.15, 0.2) is 5.82 Å². The summed E-state index contributed by atoms with van der Waals surface area (Å²) in [5, 5.41) is 6.88. The molecule has 0 saturated heterocycles. The molecule has 3 amide bonds. The summed E-state index contributed by atoms with van der Waals surface area (Å²) >= 11 is 18.6. The Morgan fingerprint density at radius 2 is 1.49 bits per heavy atom. The van der Waals surface area contributed by atoms with Crippen LogP contribution in [0.4, 0.5) is 43.4 Å². The van der Waals surface area contributed by atoms with E-state index in [1.165, 1.54) is 12.1 Å². The van der Waals surface area contributed by atoms with Gasteiger partial charge in [-0.05, 0) is 60.9 Å². The number of carbonyl (C=O) groups excluding carboxylic acids is 3. The Kier molecular flexibility index (Phi) is 9.05. The van der Waals surface area contributed by atoms with Crippen molar-refractivity contribution in [2.75, 3.05) is 16.0 Å². The van der Waals surface area contributed by atoms with Gasteiger partial charge in [0.1, 0.15) is 21.7 Å². The Morgan fingerprint density at radius 3 is 2.16 bits per heavy atom. The summed E-state index contributed by atoms with van der Waals surface area (Å²) in [6, 6.07) is 7.72. The number of alkyl halides is 5. The van der Waals surface area contributed by atoms with E-state index in [1.807, 2.05) is 0 Å². The number of carbonyl (C=O) groups is 3. The van der Waals surface area contributed by atoms with Gasteiger partial charge in [-0.15, -0.1) is 23.2 Å². The summed E-state index contributed by atoms with van der Waals surface area (Å²) in [6.45, 7) is 0. The van der Waals surface area contributed by atoms with Crippen molar-refractivity contribution in [3.05, 3.63) is 87.7 Å². The maximum Gasteiger partial charge on any atom is 0.419 e. The van der Waals surface area contributed by atoms with Gasteiger partial charge in [-0.3, -0.25) is 14.4 Å². The standard InChI is InChI=1S/C30H22Cl3F6N3O3/c31-18-7-6-15(40-28(45)23-22(29(23,32)33)14-5-8-19(34)17(11-14)30(37,38)39)12-16(18)27(44)41-21-10-9-20(35)25(24(21)36)42-26(43)13-3-1-2-4-13/h5-13,22-23H,1-4H2,(H,40,45)(H,41,44)(H,42,43). The molecular formula is C30H22Cl3F6N3O3. The second-order valence-corrected chi connectivity index (χ2v) is 12.6. The van der Waals surface area contributed by atoms with Crippen molar-refractivity contribution in [1.82, 2.24) is 0 Å². The van der Waals surface area contributed by atoms with Crippen molar-refractivity contribution < 1.29 is 40.7 Å². The minimum absolute atomic E-state index is 0.00325. The van der Waals surface area contributed by atoms with Gasteiger partial charge in [-0.25, -0.2) is 13.2 Å². The zero-order valence-corrected chi connectivity index (χ0v) is 25.1. The number of hydrogen-bond acceptors (Lipinski definition) is 3. The van der Waals surface area contributed by atoms with Crippen molar-refractivity contribution in [2.24, 2.45) is 11.8 Å². The van der Waals surface area contributed by atoms with Crippen LogP contribution >= 0.6 is 34.8 Å². The Hall–Kier alpha value is -3.48. The first-order valence-corrected chi connectivity index (χ1v) is 14.7. The Labute approximate surface area is 267 Å². The normalized spacial score (nSPS) is 19.2. The molecule has 15 heteroatoms. The largest absolute Gasteiger partial charge is 0.419 e. The highest BCUT2D eigenvalue weighted by molar-refractivity contribution is 6.53. The number of rotatable bonds is 7. The number of halogens is 9. The molecule has 5 rings (SSSR count). The minimum atomic E-state index is -4.99. The quantitative estimate of drug-likeness (QED) is 0.171. The first kappa shape index (κ1) is 32.9. The van der Waals surface area contributed by atoms with Crippen LogP contribution < -0.4 is 16.0 Å². The van der Waals surface area contributed by atoms with E-state index in [4.69, 9.17) is 34.8 Å². The summed E-state index contributed by atoms with van der Waals surface area (Å²) in [6.07, 6.45) is -2.14. The molecule has 2 aliphatic rings. The van der Waals surface area contributed by atoms with Crippen LogP contribution in [0.1, 0.15) is 53.1 Å². The molecule has 2 fully saturated rings. The molecule has 0 bridgehead atoms. The average Bonchev–Trinajstić information content (AvgIpc) is 3.27. The van der Waals surface area contributed by atoms with E-state index in [1.54, 1.807) is 0 Å². The first-order chi connectivity index (χ1) is 21.1. The number of benzene rings is 3. The van der Waals surface area contributed by atoms with Gasteiger partial charge in [0.2, 0.25) is 11.8 Å². The van der Waals surface area contributed by atoms with Gasteiger partial charge in [0.05, 0.1) is 27.8 Å². The Bertz CT molecular complexity index is 1700. The molecule has 45 heavy (non-hydrogen) atoms. The molecule has 2 atom stereocenters. The second kappa shape index (κ2) is 12.4. The lowest BCUT2D eigenvalue weighted by Crippen LogP contribution is -2.22. The maximum atomic E-state index is 15.2. The number of anilines is 3. The van der Waals surface area contributed by atoms with Gasteiger partial charge < -0.3 is 16.0 Å². The molecule has 238 valence electrons. The molecule has 3 N–H and O–H groups in total. The average molecular weight is 693 g/mol. The van der Waals surface area contributed by atoms with Crippen molar-refractivity contribution in [2.45, 2.75) is 42.1 Å². The van der Waals surface area contributed by atoms with E-state index in [-0.39, 0.29) is 27.8 Å². The summed E-state index contributed by atoms with van der Waals surface area (Å²) in [4.78, 5) is 38.6. The fourth-order valence-electron chi connectivity index (χ4n) is 5.38. The maximum absolute atomic E-state index is 15.2. The van der Waals surface area contributed by atoms with E-state index in [0.29, 0.717) is 25.0 Å². The zero-order chi connectivity index (χ0) is 32.8. The summed E-state index contributed by atoms with van der Waals surface area (Å²) in [5.41, 5.74) is -3.05. The van der Waals surface area contributed by atoms with E-state index in [9.17, 15) is 36.3 Å². The zero-order valence-electron chi connectivity index (χ0n) is 22.8. The van der Waals surface area contributed by atoms with Crippen LogP contribution in [0.2, 0.25) is 5.02 Å². The van der Waals surface area contributed by atoms with Crippen LogP contribution in [0, 0.1) is 29.3 Å². The van der Waals surface area contributed by atoms with E-state index in [2.05, 4.69) is 16.0 Å². The number of nitrogens with one attached hydrogen (secondary N) is 3. The van der Waals surface area contributed by atoms with Gasteiger partial charge in [-0.1, -0.05) is 30.5 Å². The molecular weight excluding hydrogens is 671 g/mol. The van der Waals surface area contributed by atoms with E-state index < -0.39 is 74.5 Å². The molecule has 6 nitrogen and oxygen atoms in total. The molecule has 3 aromatic rings. The molecule has 0 heterocycles. The monoisotopic (exact) mass is 691 g/mol. The van der Waals surface area contributed by atoms with Gasteiger partial charge in [0.25, 0.3) is 5.91 Å². The van der Waals surface area contributed by atoms with Crippen molar-refractivity contribution in [3.8, 4) is 0 Å². The third-order valence-electron chi connectivity index (χ3n) is 7.78. The second-order valence-electron chi connectivity index (χ2n) is 10.8. The number of hydrogen-bond donors (Lipinski definition) is 3. The fraction of sp³-hybridized carbons (Fsp3) is 0.300. The van der Waals surface area contributed by atoms with Crippen LogP contribution in [0.25, 0.3) is 0 Å². The molecule has 0 radical (unpaired) electrons. The molecule has 2 aliphatic carbocycles. The molecule has 0 aliphatic heterocycles. The summed E-state index contributed by atoms with van der Waals surface area (Å²) in [7, 11) is 0. The van der Waals surface area contributed by atoms with Crippen molar-refractivity contribution in [1.29, 1.82) is 0 Å². The van der Waals surface area contributed by atoms with Crippen molar-refractivity contribution in [3.63, 3.8) is 0 Å². The van der Waals surface area contributed by atoms with Crippen LogP contribution in [-0.2, 0) is 15.8 Å². The predicted octanol–water partition coefficient (Wildman–Crippen LogP) is 8.68. The Balaban J connectivity index is 1.31. The lowest BCUT2D eigenvalue weighted by Gasteiger charge is -2.15. The van der Waals surface area contributed by atoms with E-state index in [0.717, 1.165) is 37.1 Å². The van der Waals surface area contributed by atoms with Crippen LogP contribution in [0.15, 0.2) is 48.5 Å². The van der Waals surface area contributed by atoms with Crippen LogP contribution in [0.3, 0.4) is 0 Å². The van der Waals surface area contributed by atoms with E-state index >= 15 is 4.39 Å². The highest BCUT2D eigenvalue weighted by Crippen LogP contribution is 2.65. The van der Waals surface area contributed by atoms with Gasteiger partial charge in [0, 0.05) is 17.5 Å². The molecule has 3 aromatic carbocycles. The summed E-state index contributed by atoms with van der Waals surface area (Å²) < 4.78 is 81.2. The predicted molar refractivity (Wildman–Crippen MR) is 157 cm³/mol. The molecule has 2 unspecified atom stereocenters. The van der Waals surface area contributed by atoms with Gasteiger partial charge >= 0.3 is 6.18 Å². The highest BCUT2D eigenvalue weighted by atomic mass is 35.5. The third-order valence-corrected chi connectivity index (χ3v) is 9.05. The third kappa shape index (κ3) is 6.73. The smallest absolute Gasteiger partial charge is 0.326 e. The topological polar surface area (TPSA) is 87.3 Å². The Morgan fingerprint density at radius 1 is 0.822 bits per heavy atom. The lowest BCUT2D eigenvalue weighted by molar-refractivity contribution is -0.140. The highest BCUT2D eigenvalue weighted by Gasteiger charge is 2.67. The van der Waals surface area contributed by atoms with Crippen molar-refractivity contribution >= 4 is 69.6 Å². The van der Waals surface area contributed by atoms with Crippen LogP contribution in [0.5, 0.6) is 0 Å². The molecule has 0 spiro atoms. The molecule has 0 aromatic heterocycles. The summed E-state index contributed by atoms with van der Waals surface area (Å²) in [5.74, 6) is -8.78. The first-order valence-electron chi connectivity index (χ1n) is 13.5. The minimum Gasteiger partial charge on any atom is -0.326 e. The van der Waals surface area contributed by atoms with Crippen LogP contribution in [-0.4, -0.2) is 22.1 Å². The number of amides is 3. The fourth-order valence-corrected chi connectivity index (χ4v) is 6.42. The molecule has 2 saturated carbocycles. The SMILES string of the molecule is O=C(Nc1ccc(F)c(NC(=O)C2CCCC2)c1F)c1cc(NC(=O)C2C(c3ccc(F)c(C(F)(F)F)c3)C2(Cl)Cl)ccc1Cl.